The van der Waals surface area contributed by atoms with Crippen LogP contribution in [0.2, 0.25) is 5.02 Å². The molecule has 0 saturated carbocycles. The van der Waals surface area contributed by atoms with Crippen molar-refractivity contribution in [3.63, 3.8) is 0 Å². The molecule has 1 aromatic rings. The Morgan fingerprint density at radius 2 is 2.30 bits per heavy atom. The number of nitrogens with zero attached hydrogens (tertiary/aromatic N) is 2. The lowest BCUT2D eigenvalue weighted by Gasteiger charge is -2.24. The summed E-state index contributed by atoms with van der Waals surface area (Å²) < 4.78 is 5.05. The second-order valence-corrected chi connectivity index (χ2v) is 5.11. The number of methoxy groups -OCH3 is 1. The number of likely N-dealkylation sites (N-methyl/N-ethyl adjacent to an activating group) is 1. The lowest BCUT2D eigenvalue weighted by Crippen LogP contribution is -2.37. The molecule has 0 bridgehead atoms. The number of halogens is 1. The van der Waals surface area contributed by atoms with Crippen molar-refractivity contribution in [1.82, 2.24) is 9.88 Å². The van der Waals surface area contributed by atoms with Gasteiger partial charge in [0, 0.05) is 26.9 Å². The first-order valence-electron chi connectivity index (χ1n) is 6.66. The molecule has 1 N–H and O–H groups in total. The van der Waals surface area contributed by atoms with Crippen LogP contribution in [0.4, 0.5) is 5.82 Å². The number of hydrogen-bond acceptors (Lipinski definition) is 4. The molecule has 1 atom stereocenters. The lowest BCUT2D eigenvalue weighted by molar-refractivity contribution is 0.0633. The van der Waals surface area contributed by atoms with E-state index in [0.29, 0.717) is 23.0 Å². The Morgan fingerprint density at radius 3 is 2.85 bits per heavy atom. The van der Waals surface area contributed by atoms with Gasteiger partial charge >= 0.3 is 0 Å². The maximum Gasteiger partial charge on any atom is 0.255 e. The molecular weight excluding hydrogens is 278 g/mol. The van der Waals surface area contributed by atoms with E-state index >= 15 is 0 Å². The van der Waals surface area contributed by atoms with Crippen molar-refractivity contribution in [2.75, 3.05) is 32.6 Å². The van der Waals surface area contributed by atoms with E-state index in [1.54, 1.807) is 31.3 Å². The van der Waals surface area contributed by atoms with E-state index < -0.39 is 0 Å². The van der Waals surface area contributed by atoms with Gasteiger partial charge in [0.1, 0.15) is 5.82 Å². The zero-order valence-electron chi connectivity index (χ0n) is 12.4. The second kappa shape index (κ2) is 8.07. The van der Waals surface area contributed by atoms with E-state index in [9.17, 15) is 4.79 Å². The molecule has 0 fully saturated rings. The van der Waals surface area contributed by atoms with Gasteiger partial charge in [-0.3, -0.25) is 4.79 Å². The van der Waals surface area contributed by atoms with Crippen LogP contribution in [-0.2, 0) is 4.74 Å². The summed E-state index contributed by atoms with van der Waals surface area (Å²) in [6, 6.07) is 1.63. The van der Waals surface area contributed by atoms with Crippen molar-refractivity contribution in [1.29, 1.82) is 0 Å². The summed E-state index contributed by atoms with van der Waals surface area (Å²) in [5.41, 5.74) is 0.475. The Labute approximate surface area is 125 Å². The van der Waals surface area contributed by atoms with E-state index in [0.717, 1.165) is 13.0 Å². The van der Waals surface area contributed by atoms with Crippen LogP contribution >= 0.6 is 11.6 Å². The fraction of sp³-hybridized carbons (Fsp3) is 0.571. The SMILES string of the molecule is CCCNc1ncc(C(=O)N(C)C(C)COC)cc1Cl. The van der Waals surface area contributed by atoms with Crippen LogP contribution in [0.3, 0.4) is 0 Å². The molecule has 20 heavy (non-hydrogen) atoms. The van der Waals surface area contributed by atoms with Gasteiger partial charge in [-0.05, 0) is 19.4 Å². The number of rotatable bonds is 7. The van der Waals surface area contributed by atoms with E-state index in [-0.39, 0.29) is 11.9 Å². The highest BCUT2D eigenvalue weighted by Crippen LogP contribution is 2.21. The maximum absolute atomic E-state index is 12.3. The molecule has 0 aromatic carbocycles. The Kier molecular flexibility index (Phi) is 6.75. The third-order valence-electron chi connectivity index (χ3n) is 3.02. The number of amides is 1. The zero-order chi connectivity index (χ0) is 15.1. The summed E-state index contributed by atoms with van der Waals surface area (Å²) in [5.74, 6) is 0.489. The predicted molar refractivity (Wildman–Crippen MR) is 81.5 cm³/mol. The summed E-state index contributed by atoms with van der Waals surface area (Å²) in [7, 11) is 3.35. The van der Waals surface area contributed by atoms with Crippen molar-refractivity contribution >= 4 is 23.3 Å². The van der Waals surface area contributed by atoms with Crippen LogP contribution in [0.15, 0.2) is 12.3 Å². The summed E-state index contributed by atoms with van der Waals surface area (Å²) >= 11 is 6.13. The topological polar surface area (TPSA) is 54.5 Å². The number of hydrogen-bond donors (Lipinski definition) is 1. The largest absolute Gasteiger partial charge is 0.383 e. The summed E-state index contributed by atoms with van der Waals surface area (Å²) in [6.45, 7) is 5.27. The first-order chi connectivity index (χ1) is 9.51. The minimum Gasteiger partial charge on any atom is -0.383 e. The number of carbonyl (C=O) groups excluding carboxylic acids is 1. The number of anilines is 1. The van der Waals surface area contributed by atoms with Gasteiger partial charge in [0.25, 0.3) is 5.91 Å². The van der Waals surface area contributed by atoms with E-state index in [1.807, 2.05) is 6.92 Å². The molecule has 1 unspecified atom stereocenters. The Hall–Kier alpha value is -1.33. The first-order valence-corrected chi connectivity index (χ1v) is 7.04. The van der Waals surface area contributed by atoms with Gasteiger partial charge in [-0.1, -0.05) is 18.5 Å². The standard InChI is InChI=1S/C14H22ClN3O2/c1-5-6-16-13-12(15)7-11(8-17-13)14(19)18(3)10(2)9-20-4/h7-8,10H,5-6,9H2,1-4H3,(H,16,17). The first kappa shape index (κ1) is 16.7. The van der Waals surface area contributed by atoms with E-state index in [2.05, 4.69) is 17.2 Å². The van der Waals surface area contributed by atoms with E-state index in [4.69, 9.17) is 16.3 Å². The number of carbonyl (C=O) groups is 1. The fourth-order valence-electron chi connectivity index (χ4n) is 1.69. The normalized spacial score (nSPS) is 12.1. The van der Waals surface area contributed by atoms with Gasteiger partial charge in [0.2, 0.25) is 0 Å². The van der Waals surface area contributed by atoms with E-state index in [1.165, 1.54) is 0 Å². The highest BCUT2D eigenvalue weighted by Gasteiger charge is 2.18. The molecule has 0 aliphatic carbocycles. The smallest absolute Gasteiger partial charge is 0.255 e. The summed E-state index contributed by atoms with van der Waals surface area (Å²) in [4.78, 5) is 18.1. The van der Waals surface area contributed by atoms with Crippen molar-refractivity contribution in [2.45, 2.75) is 26.3 Å². The molecule has 5 nitrogen and oxygen atoms in total. The fourth-order valence-corrected chi connectivity index (χ4v) is 1.92. The van der Waals surface area contributed by atoms with Crippen molar-refractivity contribution < 1.29 is 9.53 Å². The predicted octanol–water partition coefficient (Wildman–Crippen LogP) is 2.66. The second-order valence-electron chi connectivity index (χ2n) is 4.70. The molecule has 6 heteroatoms. The van der Waals surface area contributed by atoms with Crippen LogP contribution in [0.25, 0.3) is 0 Å². The molecule has 0 saturated heterocycles. The number of pyridine rings is 1. The molecule has 1 rings (SSSR count). The zero-order valence-corrected chi connectivity index (χ0v) is 13.2. The van der Waals surface area contributed by atoms with Gasteiger partial charge in [-0.2, -0.15) is 0 Å². The van der Waals surface area contributed by atoms with Crippen LogP contribution in [0.5, 0.6) is 0 Å². The number of nitrogens with one attached hydrogen (secondary N) is 1. The molecule has 112 valence electrons. The highest BCUT2D eigenvalue weighted by atomic mass is 35.5. The van der Waals surface area contributed by atoms with Gasteiger partial charge in [0.15, 0.2) is 0 Å². The van der Waals surface area contributed by atoms with Crippen LogP contribution in [0, 0.1) is 0 Å². The molecule has 1 heterocycles. The van der Waals surface area contributed by atoms with Gasteiger partial charge in [-0.25, -0.2) is 4.98 Å². The van der Waals surface area contributed by atoms with Gasteiger partial charge < -0.3 is 15.0 Å². The Balaban J connectivity index is 2.81. The molecular formula is C14H22ClN3O2. The van der Waals surface area contributed by atoms with Crippen LogP contribution in [-0.4, -0.2) is 49.1 Å². The minimum atomic E-state index is -0.119. The number of aromatic nitrogens is 1. The summed E-state index contributed by atoms with van der Waals surface area (Å²) in [5, 5.41) is 3.57. The highest BCUT2D eigenvalue weighted by molar-refractivity contribution is 6.33. The summed E-state index contributed by atoms with van der Waals surface area (Å²) in [6.07, 6.45) is 2.53. The monoisotopic (exact) mass is 299 g/mol. The lowest BCUT2D eigenvalue weighted by atomic mass is 10.2. The molecule has 0 spiro atoms. The quantitative estimate of drug-likeness (QED) is 0.841. The molecule has 1 aromatic heterocycles. The Morgan fingerprint density at radius 1 is 1.60 bits per heavy atom. The van der Waals surface area contributed by atoms with Gasteiger partial charge in [0.05, 0.1) is 23.2 Å². The van der Waals surface area contributed by atoms with Crippen LogP contribution in [0.1, 0.15) is 30.6 Å². The molecule has 0 aliphatic heterocycles. The minimum absolute atomic E-state index is 0.0100. The average Bonchev–Trinajstić information content (AvgIpc) is 2.44. The van der Waals surface area contributed by atoms with Crippen LogP contribution < -0.4 is 5.32 Å². The van der Waals surface area contributed by atoms with Gasteiger partial charge in [-0.15, -0.1) is 0 Å². The van der Waals surface area contributed by atoms with Crippen molar-refractivity contribution in [3.05, 3.63) is 22.8 Å². The van der Waals surface area contributed by atoms with Crippen molar-refractivity contribution in [2.24, 2.45) is 0 Å². The molecule has 0 radical (unpaired) electrons. The average molecular weight is 300 g/mol. The number of ether oxygens (including phenoxy) is 1. The maximum atomic E-state index is 12.3. The molecule has 0 aliphatic rings. The third-order valence-corrected chi connectivity index (χ3v) is 3.31. The Bertz CT molecular complexity index is 454. The third kappa shape index (κ3) is 4.35. The molecule has 1 amide bonds. The van der Waals surface area contributed by atoms with Crippen molar-refractivity contribution in [3.8, 4) is 0 Å².